The van der Waals surface area contributed by atoms with Crippen molar-refractivity contribution in [3.05, 3.63) is 39.7 Å². The minimum atomic E-state index is -0.642. The molecular formula is C11H11FN2O3. The van der Waals surface area contributed by atoms with Gasteiger partial charge in [0.15, 0.2) is 0 Å². The van der Waals surface area contributed by atoms with Gasteiger partial charge in [-0.1, -0.05) is 0 Å². The van der Waals surface area contributed by atoms with E-state index in [9.17, 15) is 19.3 Å². The Bertz CT molecular complexity index is 476. The molecule has 0 bridgehead atoms. The molecule has 90 valence electrons. The summed E-state index contributed by atoms with van der Waals surface area (Å²) in [5, 5.41) is 13.4. The Morgan fingerprint density at radius 1 is 1.53 bits per heavy atom. The molecule has 0 aliphatic carbocycles. The van der Waals surface area contributed by atoms with Crippen molar-refractivity contribution in [3.63, 3.8) is 0 Å². The summed E-state index contributed by atoms with van der Waals surface area (Å²) >= 11 is 0. The van der Waals surface area contributed by atoms with Crippen molar-refractivity contribution in [2.45, 2.75) is 12.8 Å². The summed E-state index contributed by atoms with van der Waals surface area (Å²) in [4.78, 5) is 21.5. The monoisotopic (exact) mass is 238 g/mol. The van der Waals surface area contributed by atoms with Gasteiger partial charge in [0.25, 0.3) is 5.69 Å². The van der Waals surface area contributed by atoms with Crippen LogP contribution in [0.2, 0.25) is 0 Å². The fourth-order valence-electron chi connectivity index (χ4n) is 1.98. The van der Waals surface area contributed by atoms with Crippen molar-refractivity contribution in [3.8, 4) is 0 Å². The first-order chi connectivity index (χ1) is 8.08. The molecule has 1 fully saturated rings. The molecule has 1 atom stereocenters. The number of hydrogen-bond donors (Lipinski definition) is 1. The van der Waals surface area contributed by atoms with Gasteiger partial charge in [0.2, 0.25) is 5.91 Å². The topological polar surface area (TPSA) is 72.2 Å². The number of nitrogens with one attached hydrogen (secondary N) is 1. The lowest BCUT2D eigenvalue weighted by Crippen LogP contribution is -2.20. The molecule has 1 heterocycles. The zero-order chi connectivity index (χ0) is 12.4. The molecule has 1 N–H and O–H groups in total. The van der Waals surface area contributed by atoms with Crippen molar-refractivity contribution in [2.24, 2.45) is 5.92 Å². The molecule has 1 unspecified atom stereocenters. The number of nitro benzene ring substituents is 1. The SMILES string of the molecule is O=C1NCCC1Cc1ccc(F)cc1[N+](=O)[O-]. The predicted molar refractivity (Wildman–Crippen MR) is 57.9 cm³/mol. The summed E-state index contributed by atoms with van der Waals surface area (Å²) < 4.78 is 12.9. The molecule has 0 saturated carbocycles. The molecule has 1 aliphatic heterocycles. The summed E-state index contributed by atoms with van der Waals surface area (Å²) in [6, 6.07) is 3.44. The van der Waals surface area contributed by atoms with Crippen LogP contribution in [0.3, 0.4) is 0 Å². The van der Waals surface area contributed by atoms with Crippen LogP contribution in [-0.4, -0.2) is 17.4 Å². The maximum absolute atomic E-state index is 12.9. The molecule has 1 saturated heterocycles. The quantitative estimate of drug-likeness (QED) is 0.639. The number of carbonyl (C=O) groups is 1. The number of carbonyl (C=O) groups excluding carboxylic acids is 1. The molecule has 1 aliphatic rings. The number of halogens is 1. The van der Waals surface area contributed by atoms with Crippen LogP contribution in [0, 0.1) is 21.8 Å². The van der Waals surface area contributed by atoms with E-state index in [1.807, 2.05) is 0 Å². The van der Waals surface area contributed by atoms with E-state index in [2.05, 4.69) is 5.32 Å². The van der Waals surface area contributed by atoms with Gasteiger partial charge in [0, 0.05) is 18.0 Å². The first-order valence-corrected chi connectivity index (χ1v) is 5.28. The van der Waals surface area contributed by atoms with E-state index in [4.69, 9.17) is 0 Å². The van der Waals surface area contributed by atoms with Gasteiger partial charge in [-0.15, -0.1) is 0 Å². The van der Waals surface area contributed by atoms with Gasteiger partial charge in [0.1, 0.15) is 5.82 Å². The fraction of sp³-hybridized carbons (Fsp3) is 0.364. The van der Waals surface area contributed by atoms with E-state index < -0.39 is 10.7 Å². The predicted octanol–water partition coefficient (Wildman–Crippen LogP) is 1.41. The number of nitro groups is 1. The van der Waals surface area contributed by atoms with E-state index >= 15 is 0 Å². The number of amides is 1. The molecule has 6 heteroatoms. The van der Waals surface area contributed by atoms with E-state index in [1.165, 1.54) is 12.1 Å². The molecular weight excluding hydrogens is 227 g/mol. The Balaban J connectivity index is 2.25. The molecule has 1 aromatic rings. The molecule has 5 nitrogen and oxygen atoms in total. The van der Waals surface area contributed by atoms with Crippen molar-refractivity contribution in [2.75, 3.05) is 6.54 Å². The average Bonchev–Trinajstić information content (AvgIpc) is 2.67. The van der Waals surface area contributed by atoms with Crippen LogP contribution in [0.5, 0.6) is 0 Å². The Labute approximate surface area is 96.8 Å². The number of benzene rings is 1. The largest absolute Gasteiger partial charge is 0.356 e. The molecule has 2 rings (SSSR count). The highest BCUT2D eigenvalue weighted by Crippen LogP contribution is 2.25. The third-order valence-electron chi connectivity index (χ3n) is 2.87. The zero-order valence-electron chi connectivity index (χ0n) is 8.98. The van der Waals surface area contributed by atoms with Crippen molar-refractivity contribution in [1.29, 1.82) is 0 Å². The molecule has 1 amide bonds. The second-order valence-corrected chi connectivity index (χ2v) is 4.01. The van der Waals surface area contributed by atoms with Crippen LogP contribution in [0.25, 0.3) is 0 Å². The third-order valence-corrected chi connectivity index (χ3v) is 2.87. The van der Waals surface area contributed by atoms with Crippen molar-refractivity contribution in [1.82, 2.24) is 5.32 Å². The summed E-state index contributed by atoms with van der Waals surface area (Å²) in [5.41, 5.74) is 0.142. The summed E-state index contributed by atoms with van der Waals surface area (Å²) in [5.74, 6) is -0.987. The maximum atomic E-state index is 12.9. The Hall–Kier alpha value is -1.98. The highest BCUT2D eigenvalue weighted by molar-refractivity contribution is 5.81. The molecule has 17 heavy (non-hydrogen) atoms. The van der Waals surface area contributed by atoms with Crippen LogP contribution in [0.15, 0.2) is 18.2 Å². The van der Waals surface area contributed by atoms with E-state index in [1.54, 1.807) is 0 Å². The van der Waals surface area contributed by atoms with Gasteiger partial charge in [-0.25, -0.2) is 4.39 Å². The second kappa shape index (κ2) is 4.48. The van der Waals surface area contributed by atoms with E-state index in [0.717, 1.165) is 6.07 Å². The lowest BCUT2D eigenvalue weighted by molar-refractivity contribution is -0.385. The first kappa shape index (κ1) is 11.5. The van der Waals surface area contributed by atoms with Crippen LogP contribution in [-0.2, 0) is 11.2 Å². The third kappa shape index (κ3) is 2.41. The van der Waals surface area contributed by atoms with E-state index in [0.29, 0.717) is 18.5 Å². The highest BCUT2D eigenvalue weighted by Gasteiger charge is 2.27. The zero-order valence-corrected chi connectivity index (χ0v) is 8.98. The van der Waals surface area contributed by atoms with Crippen LogP contribution >= 0.6 is 0 Å². The van der Waals surface area contributed by atoms with Gasteiger partial charge < -0.3 is 5.32 Å². The Morgan fingerprint density at radius 2 is 2.29 bits per heavy atom. The smallest absolute Gasteiger partial charge is 0.275 e. The average molecular weight is 238 g/mol. The minimum absolute atomic E-state index is 0.0939. The van der Waals surface area contributed by atoms with Crippen molar-refractivity contribution >= 4 is 11.6 Å². The number of rotatable bonds is 3. The summed E-state index contributed by atoms with van der Waals surface area (Å²) in [6.45, 7) is 0.596. The minimum Gasteiger partial charge on any atom is -0.356 e. The molecule has 0 radical (unpaired) electrons. The number of nitrogens with zero attached hydrogens (tertiary/aromatic N) is 1. The lowest BCUT2D eigenvalue weighted by atomic mass is 9.97. The highest BCUT2D eigenvalue weighted by atomic mass is 19.1. The van der Waals surface area contributed by atoms with Crippen molar-refractivity contribution < 1.29 is 14.1 Å². The van der Waals surface area contributed by atoms with Gasteiger partial charge in [-0.3, -0.25) is 14.9 Å². The summed E-state index contributed by atoms with van der Waals surface area (Å²) in [6.07, 6.45) is 0.940. The lowest BCUT2D eigenvalue weighted by Gasteiger charge is -2.07. The van der Waals surface area contributed by atoms with E-state index in [-0.39, 0.29) is 23.9 Å². The second-order valence-electron chi connectivity index (χ2n) is 4.01. The van der Waals surface area contributed by atoms with Crippen LogP contribution < -0.4 is 5.32 Å². The summed E-state index contributed by atoms with van der Waals surface area (Å²) in [7, 11) is 0. The molecule has 0 aromatic heterocycles. The van der Waals surface area contributed by atoms with Gasteiger partial charge in [0.05, 0.1) is 11.0 Å². The van der Waals surface area contributed by atoms with Crippen LogP contribution in [0.1, 0.15) is 12.0 Å². The van der Waals surface area contributed by atoms with Gasteiger partial charge >= 0.3 is 0 Å². The van der Waals surface area contributed by atoms with Gasteiger partial charge in [-0.2, -0.15) is 0 Å². The molecule has 0 spiro atoms. The maximum Gasteiger partial charge on any atom is 0.275 e. The van der Waals surface area contributed by atoms with Gasteiger partial charge in [-0.05, 0) is 25.0 Å². The number of hydrogen-bond acceptors (Lipinski definition) is 3. The Kier molecular flexibility index (Phi) is 3.03. The molecule has 1 aromatic carbocycles. The van der Waals surface area contributed by atoms with Crippen LogP contribution in [0.4, 0.5) is 10.1 Å². The fourth-order valence-corrected chi connectivity index (χ4v) is 1.98. The standard InChI is InChI=1S/C11H11FN2O3/c12-9-2-1-7(10(6-9)14(16)17)5-8-3-4-13-11(8)15/h1-2,6,8H,3-5H2,(H,13,15). The normalized spacial score (nSPS) is 19.1. The Morgan fingerprint density at radius 3 is 2.88 bits per heavy atom. The first-order valence-electron chi connectivity index (χ1n) is 5.28.